The van der Waals surface area contributed by atoms with Gasteiger partial charge in [-0.1, -0.05) is 48.5 Å². The van der Waals surface area contributed by atoms with Crippen LogP contribution in [0.15, 0.2) is 72.8 Å². The van der Waals surface area contributed by atoms with Crippen LogP contribution < -0.4 is 10.0 Å². The molecule has 25 heavy (non-hydrogen) atoms. The van der Waals surface area contributed by atoms with E-state index in [4.69, 9.17) is 0 Å². The van der Waals surface area contributed by atoms with E-state index in [1.165, 1.54) is 0 Å². The Morgan fingerprint density at radius 2 is 1.36 bits per heavy atom. The molecule has 3 rings (SSSR count). The number of benzene rings is 2. The minimum Gasteiger partial charge on any atom is -0.339 e. The molecule has 0 aliphatic rings. The van der Waals surface area contributed by atoms with Crippen molar-refractivity contribution in [1.29, 1.82) is 0 Å². The average molecular weight is 354 g/mol. The smallest absolute Gasteiger partial charge is 0.234 e. The lowest BCUT2D eigenvalue weighted by Crippen LogP contribution is -2.19. The predicted octanol–water partition coefficient (Wildman–Crippen LogP) is 3.20. The molecular weight excluding hydrogens is 336 g/mol. The summed E-state index contributed by atoms with van der Waals surface area (Å²) in [6.07, 6.45) is 0.442. The van der Waals surface area contributed by atoms with Gasteiger partial charge in [-0.05, 0) is 36.2 Å². The number of sulfonamides is 1. The van der Waals surface area contributed by atoms with Gasteiger partial charge in [0.05, 0.1) is 5.75 Å². The van der Waals surface area contributed by atoms with Crippen molar-refractivity contribution in [2.45, 2.75) is 6.42 Å². The summed E-state index contributed by atoms with van der Waals surface area (Å²) < 4.78 is 26.8. The van der Waals surface area contributed by atoms with Gasteiger partial charge in [-0.2, -0.15) is 0 Å². The fourth-order valence-electron chi connectivity index (χ4n) is 2.23. The van der Waals surface area contributed by atoms with Crippen molar-refractivity contribution >= 4 is 27.3 Å². The van der Waals surface area contributed by atoms with Crippen LogP contribution in [0, 0.1) is 0 Å². The fraction of sp³-hybridized carbons (Fsp3) is 0.111. The average Bonchev–Trinajstić information content (AvgIpc) is 2.63. The topological polar surface area (TPSA) is 84.0 Å². The number of anilines is 3. The van der Waals surface area contributed by atoms with Gasteiger partial charge in [-0.3, -0.25) is 4.72 Å². The third kappa shape index (κ3) is 5.29. The predicted molar refractivity (Wildman–Crippen MR) is 99.3 cm³/mol. The Labute approximate surface area is 147 Å². The maximum atomic E-state index is 12.2. The molecule has 1 heterocycles. The first kappa shape index (κ1) is 16.9. The summed E-state index contributed by atoms with van der Waals surface area (Å²) in [5, 5.41) is 11.0. The third-order valence-corrected chi connectivity index (χ3v) is 4.73. The maximum absolute atomic E-state index is 12.2. The lowest BCUT2D eigenvalue weighted by molar-refractivity contribution is 0.600. The van der Waals surface area contributed by atoms with Crippen LogP contribution >= 0.6 is 0 Å². The number of aromatic nitrogens is 2. The highest BCUT2D eigenvalue weighted by atomic mass is 32.2. The second-order valence-corrected chi connectivity index (χ2v) is 7.29. The quantitative estimate of drug-likeness (QED) is 0.681. The Hall–Kier alpha value is -2.93. The number of hydrogen-bond donors (Lipinski definition) is 2. The Morgan fingerprint density at radius 1 is 0.760 bits per heavy atom. The number of nitrogens with zero attached hydrogens (tertiary/aromatic N) is 2. The molecule has 0 unspecified atom stereocenters. The van der Waals surface area contributed by atoms with E-state index < -0.39 is 10.0 Å². The van der Waals surface area contributed by atoms with E-state index in [2.05, 4.69) is 20.2 Å². The second-order valence-electron chi connectivity index (χ2n) is 5.45. The molecule has 1 aromatic heterocycles. The van der Waals surface area contributed by atoms with Crippen LogP contribution in [-0.4, -0.2) is 24.4 Å². The van der Waals surface area contributed by atoms with Gasteiger partial charge in [-0.15, -0.1) is 10.2 Å². The molecule has 0 atom stereocenters. The number of para-hydroxylation sites is 1. The summed E-state index contributed by atoms with van der Waals surface area (Å²) >= 11 is 0. The van der Waals surface area contributed by atoms with Crippen LogP contribution in [0.5, 0.6) is 0 Å². The van der Waals surface area contributed by atoms with Gasteiger partial charge in [0.2, 0.25) is 10.0 Å². The van der Waals surface area contributed by atoms with Gasteiger partial charge < -0.3 is 5.32 Å². The molecule has 0 aliphatic carbocycles. The summed E-state index contributed by atoms with van der Waals surface area (Å²) in [6.45, 7) is 0. The lowest BCUT2D eigenvalue weighted by atomic mass is 10.2. The van der Waals surface area contributed by atoms with E-state index >= 15 is 0 Å². The van der Waals surface area contributed by atoms with Crippen LogP contribution in [0.4, 0.5) is 17.3 Å². The Balaban J connectivity index is 1.58. The summed E-state index contributed by atoms with van der Waals surface area (Å²) in [7, 11) is -3.48. The van der Waals surface area contributed by atoms with Gasteiger partial charge in [0, 0.05) is 5.69 Å². The first-order chi connectivity index (χ1) is 12.1. The molecule has 0 saturated heterocycles. The number of hydrogen-bond acceptors (Lipinski definition) is 5. The van der Waals surface area contributed by atoms with Crippen molar-refractivity contribution < 1.29 is 8.42 Å². The highest BCUT2D eigenvalue weighted by molar-refractivity contribution is 7.92. The Kier molecular flexibility index (Phi) is 5.25. The third-order valence-electron chi connectivity index (χ3n) is 3.47. The van der Waals surface area contributed by atoms with Crippen molar-refractivity contribution in [3.05, 3.63) is 78.4 Å². The van der Waals surface area contributed by atoms with Gasteiger partial charge >= 0.3 is 0 Å². The monoisotopic (exact) mass is 354 g/mol. The van der Waals surface area contributed by atoms with E-state index in [1.54, 1.807) is 12.1 Å². The summed E-state index contributed by atoms with van der Waals surface area (Å²) in [5.74, 6) is 0.730. The first-order valence-corrected chi connectivity index (χ1v) is 9.46. The van der Waals surface area contributed by atoms with Crippen molar-refractivity contribution in [2.24, 2.45) is 0 Å². The van der Waals surface area contributed by atoms with Crippen LogP contribution in [0.2, 0.25) is 0 Å². The zero-order valence-corrected chi connectivity index (χ0v) is 14.3. The number of nitrogens with one attached hydrogen (secondary N) is 2. The maximum Gasteiger partial charge on any atom is 0.234 e. The minimum atomic E-state index is -3.48. The van der Waals surface area contributed by atoms with Crippen molar-refractivity contribution in [3.8, 4) is 0 Å². The van der Waals surface area contributed by atoms with Crippen LogP contribution in [0.1, 0.15) is 5.56 Å². The normalized spacial score (nSPS) is 11.0. The molecular formula is C18H18N4O2S. The summed E-state index contributed by atoms with van der Waals surface area (Å²) in [6, 6.07) is 22.3. The minimum absolute atomic E-state index is 0.0112. The van der Waals surface area contributed by atoms with Crippen molar-refractivity contribution in [1.82, 2.24) is 10.2 Å². The molecule has 3 aromatic rings. The molecule has 7 heteroatoms. The van der Waals surface area contributed by atoms with E-state index in [0.29, 0.717) is 12.2 Å². The highest BCUT2D eigenvalue weighted by Gasteiger charge is 2.12. The molecule has 0 amide bonds. The molecule has 2 aromatic carbocycles. The largest absolute Gasteiger partial charge is 0.339 e. The van der Waals surface area contributed by atoms with E-state index in [-0.39, 0.29) is 11.6 Å². The van der Waals surface area contributed by atoms with Crippen LogP contribution in [0.3, 0.4) is 0 Å². The number of rotatable bonds is 7. The van der Waals surface area contributed by atoms with Crippen molar-refractivity contribution in [3.63, 3.8) is 0 Å². The van der Waals surface area contributed by atoms with Gasteiger partial charge in [0.1, 0.15) is 0 Å². The zero-order chi connectivity index (χ0) is 17.5. The summed E-state index contributed by atoms with van der Waals surface area (Å²) in [5.41, 5.74) is 1.86. The molecule has 0 bridgehead atoms. The fourth-order valence-corrected chi connectivity index (χ4v) is 3.26. The molecule has 0 spiro atoms. The SMILES string of the molecule is O=S(=O)(CCc1ccccc1)Nc1ccc(Nc2ccccc2)nn1. The van der Waals surface area contributed by atoms with E-state index in [1.807, 2.05) is 60.7 Å². The van der Waals surface area contributed by atoms with Crippen molar-refractivity contribution in [2.75, 3.05) is 15.8 Å². The van der Waals surface area contributed by atoms with Crippen LogP contribution in [0.25, 0.3) is 0 Å². The molecule has 0 aliphatic heterocycles. The molecule has 6 nitrogen and oxygen atoms in total. The number of aryl methyl sites for hydroxylation is 1. The van der Waals surface area contributed by atoms with E-state index in [9.17, 15) is 8.42 Å². The van der Waals surface area contributed by atoms with Gasteiger partial charge in [-0.25, -0.2) is 8.42 Å². The Morgan fingerprint density at radius 3 is 2.00 bits per heavy atom. The standard InChI is InChI=1S/C18H18N4O2S/c23-25(24,14-13-15-7-3-1-4-8-15)22-18-12-11-17(20-21-18)19-16-9-5-2-6-10-16/h1-12H,13-14H2,(H,19,20)(H,21,22). The van der Waals surface area contributed by atoms with Crippen LogP contribution in [-0.2, 0) is 16.4 Å². The zero-order valence-electron chi connectivity index (χ0n) is 13.5. The lowest BCUT2D eigenvalue weighted by Gasteiger charge is -2.08. The molecule has 2 N–H and O–H groups in total. The highest BCUT2D eigenvalue weighted by Crippen LogP contribution is 2.14. The van der Waals surface area contributed by atoms with Gasteiger partial charge in [0.25, 0.3) is 0 Å². The van der Waals surface area contributed by atoms with Gasteiger partial charge in [0.15, 0.2) is 11.6 Å². The molecule has 0 radical (unpaired) electrons. The summed E-state index contributed by atoms with van der Waals surface area (Å²) in [4.78, 5) is 0. The molecule has 0 saturated carbocycles. The van der Waals surface area contributed by atoms with E-state index in [0.717, 1.165) is 11.3 Å². The Bertz CT molecular complexity index is 899. The molecule has 128 valence electrons. The molecule has 0 fully saturated rings. The first-order valence-electron chi connectivity index (χ1n) is 7.81. The second kappa shape index (κ2) is 7.76.